The van der Waals surface area contributed by atoms with Crippen LogP contribution in [0.15, 0.2) is 46.2 Å². The summed E-state index contributed by atoms with van der Waals surface area (Å²) in [6.07, 6.45) is 1.79. The Bertz CT molecular complexity index is 806. The van der Waals surface area contributed by atoms with Crippen molar-refractivity contribution in [3.8, 4) is 17.2 Å². The van der Waals surface area contributed by atoms with Crippen LogP contribution in [0.5, 0.6) is 17.2 Å². The highest BCUT2D eigenvalue weighted by molar-refractivity contribution is 7.99. The Kier molecular flexibility index (Phi) is 6.11. The molecule has 0 bridgehead atoms. The molecule has 2 rings (SSSR count). The second kappa shape index (κ2) is 7.89. The molecule has 0 aliphatic rings. The first-order valence-corrected chi connectivity index (χ1v) is 9.86. The van der Waals surface area contributed by atoms with Gasteiger partial charge in [0.25, 0.3) is 0 Å². The molecule has 8 heteroatoms. The van der Waals surface area contributed by atoms with Gasteiger partial charge < -0.3 is 14.8 Å². The van der Waals surface area contributed by atoms with Gasteiger partial charge in [-0.05, 0) is 49.7 Å². The van der Waals surface area contributed by atoms with Gasteiger partial charge in [0.2, 0.25) is 10.0 Å². The summed E-state index contributed by atoms with van der Waals surface area (Å²) < 4.78 is 34.6. The fraction of sp³-hybridized carbons (Fsp3) is 0.250. The van der Waals surface area contributed by atoms with Crippen LogP contribution < -0.4 is 19.9 Å². The summed E-state index contributed by atoms with van der Waals surface area (Å²) >= 11 is 1.30. The van der Waals surface area contributed by atoms with E-state index >= 15 is 0 Å². The number of hydrogen-bond donors (Lipinski definition) is 2. The van der Waals surface area contributed by atoms with Gasteiger partial charge in [0.05, 0.1) is 12.0 Å². The number of sulfonamides is 1. The standard InChI is InChI=1S/C16H20N2O4S2/c1-18-10-11-8-16(24(17,19)20)15(23-3)9-14(11)22-13-6-4-12(21-2)5-7-13/h4-9,18H,10H2,1-3H3,(H2,17,19,20). The van der Waals surface area contributed by atoms with E-state index in [0.717, 1.165) is 5.75 Å². The van der Waals surface area contributed by atoms with E-state index < -0.39 is 10.0 Å². The van der Waals surface area contributed by atoms with E-state index in [4.69, 9.17) is 14.6 Å². The third-order valence-corrected chi connectivity index (χ3v) is 5.17. The molecule has 0 spiro atoms. The van der Waals surface area contributed by atoms with E-state index in [-0.39, 0.29) is 4.90 Å². The van der Waals surface area contributed by atoms with Gasteiger partial charge in [-0.25, -0.2) is 13.6 Å². The molecule has 130 valence electrons. The van der Waals surface area contributed by atoms with Gasteiger partial charge in [-0.1, -0.05) is 0 Å². The van der Waals surface area contributed by atoms with Crippen molar-refractivity contribution in [3.05, 3.63) is 42.0 Å². The Hall–Kier alpha value is -1.74. The molecule has 2 aromatic carbocycles. The minimum Gasteiger partial charge on any atom is -0.497 e. The minimum absolute atomic E-state index is 0.0994. The highest BCUT2D eigenvalue weighted by atomic mass is 32.2. The van der Waals surface area contributed by atoms with Crippen molar-refractivity contribution < 1.29 is 17.9 Å². The first-order chi connectivity index (χ1) is 11.4. The first-order valence-electron chi connectivity index (χ1n) is 7.09. The number of methoxy groups -OCH3 is 1. The average molecular weight is 368 g/mol. The molecule has 2 aromatic rings. The van der Waals surface area contributed by atoms with Gasteiger partial charge in [0.1, 0.15) is 17.2 Å². The molecule has 0 amide bonds. The molecule has 3 N–H and O–H groups in total. The van der Waals surface area contributed by atoms with Crippen molar-refractivity contribution in [2.75, 3.05) is 20.4 Å². The Morgan fingerprint density at radius 2 is 1.79 bits per heavy atom. The zero-order chi connectivity index (χ0) is 17.7. The fourth-order valence-corrected chi connectivity index (χ4v) is 3.89. The van der Waals surface area contributed by atoms with Crippen LogP contribution in [0, 0.1) is 0 Å². The maximum Gasteiger partial charge on any atom is 0.239 e. The number of rotatable bonds is 7. The summed E-state index contributed by atoms with van der Waals surface area (Å²) in [5, 5.41) is 8.32. The smallest absolute Gasteiger partial charge is 0.239 e. The average Bonchev–Trinajstić information content (AvgIpc) is 2.56. The molecule has 0 unspecified atom stereocenters. The molecular formula is C16H20N2O4S2. The van der Waals surface area contributed by atoms with Gasteiger partial charge in [-0.2, -0.15) is 0 Å². The van der Waals surface area contributed by atoms with Crippen LogP contribution in [-0.2, 0) is 16.6 Å². The summed E-state index contributed by atoms with van der Waals surface area (Å²) in [7, 11) is -0.437. The monoisotopic (exact) mass is 368 g/mol. The lowest BCUT2D eigenvalue weighted by molar-refractivity contribution is 0.412. The van der Waals surface area contributed by atoms with Crippen molar-refractivity contribution in [3.63, 3.8) is 0 Å². The zero-order valence-electron chi connectivity index (χ0n) is 13.7. The predicted octanol–water partition coefficient (Wildman–Crippen LogP) is 2.58. The number of nitrogens with two attached hydrogens (primary N) is 1. The van der Waals surface area contributed by atoms with E-state index in [0.29, 0.717) is 28.5 Å². The first kappa shape index (κ1) is 18.6. The van der Waals surface area contributed by atoms with Crippen LogP contribution in [-0.4, -0.2) is 28.8 Å². The number of thioether (sulfide) groups is 1. The lowest BCUT2D eigenvalue weighted by Gasteiger charge is -2.15. The topological polar surface area (TPSA) is 90.7 Å². The number of benzene rings is 2. The molecule has 0 fully saturated rings. The van der Waals surface area contributed by atoms with Crippen molar-refractivity contribution in [2.24, 2.45) is 5.14 Å². The largest absolute Gasteiger partial charge is 0.497 e. The van der Waals surface area contributed by atoms with E-state index in [1.807, 2.05) is 0 Å². The van der Waals surface area contributed by atoms with Gasteiger partial charge in [0.15, 0.2) is 0 Å². The molecule has 0 atom stereocenters. The highest BCUT2D eigenvalue weighted by Gasteiger charge is 2.18. The zero-order valence-corrected chi connectivity index (χ0v) is 15.3. The van der Waals surface area contributed by atoms with E-state index in [1.54, 1.807) is 56.8 Å². The van der Waals surface area contributed by atoms with Crippen LogP contribution in [0.1, 0.15) is 5.56 Å². The second-order valence-corrected chi connectivity index (χ2v) is 7.34. The van der Waals surface area contributed by atoms with Gasteiger partial charge in [-0.15, -0.1) is 11.8 Å². The molecule has 0 aromatic heterocycles. The number of nitrogens with one attached hydrogen (secondary N) is 1. The third-order valence-electron chi connectivity index (χ3n) is 3.31. The maximum absolute atomic E-state index is 11.8. The molecule has 6 nitrogen and oxygen atoms in total. The number of ether oxygens (including phenoxy) is 2. The molecule has 0 saturated heterocycles. The summed E-state index contributed by atoms with van der Waals surface area (Å²) in [5.41, 5.74) is 0.704. The minimum atomic E-state index is -3.81. The van der Waals surface area contributed by atoms with Crippen LogP contribution in [0.2, 0.25) is 0 Å². The third kappa shape index (κ3) is 4.41. The normalized spacial score (nSPS) is 11.3. The molecule has 0 heterocycles. The SMILES string of the molecule is CNCc1cc(S(N)(=O)=O)c(SC)cc1Oc1ccc(OC)cc1. The van der Waals surface area contributed by atoms with Gasteiger partial charge in [-0.3, -0.25) is 0 Å². The van der Waals surface area contributed by atoms with E-state index in [9.17, 15) is 8.42 Å². The van der Waals surface area contributed by atoms with Crippen LogP contribution in [0.4, 0.5) is 0 Å². The molecule has 0 aliphatic carbocycles. The van der Waals surface area contributed by atoms with E-state index in [1.165, 1.54) is 11.8 Å². The summed E-state index contributed by atoms with van der Waals surface area (Å²) in [4.78, 5) is 0.642. The van der Waals surface area contributed by atoms with Gasteiger partial charge >= 0.3 is 0 Å². The Labute approximate surface area is 146 Å². The summed E-state index contributed by atoms with van der Waals surface area (Å²) in [6, 6.07) is 10.4. The lowest BCUT2D eigenvalue weighted by atomic mass is 10.2. The van der Waals surface area contributed by atoms with Crippen molar-refractivity contribution >= 4 is 21.8 Å². The lowest BCUT2D eigenvalue weighted by Crippen LogP contribution is -2.15. The van der Waals surface area contributed by atoms with Crippen LogP contribution in [0.25, 0.3) is 0 Å². The van der Waals surface area contributed by atoms with Crippen LogP contribution in [0.3, 0.4) is 0 Å². The second-order valence-electron chi connectivity index (χ2n) is 4.96. The summed E-state index contributed by atoms with van der Waals surface area (Å²) in [5.74, 6) is 1.93. The predicted molar refractivity (Wildman–Crippen MR) is 95.4 cm³/mol. The summed E-state index contributed by atoms with van der Waals surface area (Å²) in [6.45, 7) is 0.447. The maximum atomic E-state index is 11.8. The number of hydrogen-bond acceptors (Lipinski definition) is 6. The van der Waals surface area contributed by atoms with Crippen molar-refractivity contribution in [1.82, 2.24) is 5.32 Å². The van der Waals surface area contributed by atoms with Gasteiger partial charge in [0, 0.05) is 17.0 Å². The van der Waals surface area contributed by atoms with E-state index in [2.05, 4.69) is 5.32 Å². The van der Waals surface area contributed by atoms with Crippen molar-refractivity contribution in [1.29, 1.82) is 0 Å². The Balaban J connectivity index is 2.46. The fourth-order valence-electron chi connectivity index (χ4n) is 2.16. The quantitative estimate of drug-likeness (QED) is 0.730. The Morgan fingerprint density at radius 3 is 2.29 bits per heavy atom. The highest BCUT2D eigenvalue weighted by Crippen LogP contribution is 2.34. The molecular weight excluding hydrogens is 348 g/mol. The van der Waals surface area contributed by atoms with Crippen molar-refractivity contribution in [2.45, 2.75) is 16.3 Å². The molecule has 0 saturated carbocycles. The van der Waals surface area contributed by atoms with Crippen LogP contribution >= 0.6 is 11.8 Å². The Morgan fingerprint density at radius 1 is 1.17 bits per heavy atom. The molecule has 0 aliphatic heterocycles. The molecule has 0 radical (unpaired) electrons. The molecule has 24 heavy (non-hydrogen) atoms. The number of primary sulfonamides is 1.